The van der Waals surface area contributed by atoms with Crippen LogP contribution in [-0.2, 0) is 53.0 Å². The quantitative estimate of drug-likeness (QED) is 0.0499. The summed E-state index contributed by atoms with van der Waals surface area (Å²) in [4.78, 5) is 45.7. The topological polar surface area (TPSA) is 219 Å². The van der Waals surface area contributed by atoms with E-state index in [0.717, 1.165) is 7.11 Å². The number of phenols is 2. The molecule has 0 amide bonds. The van der Waals surface area contributed by atoms with E-state index < -0.39 is 72.6 Å². The molecule has 6 N–H and O–H groups in total. The second-order valence-corrected chi connectivity index (χ2v) is 8.12. The number of hydrogen-bond donors (Lipinski definition) is 6. The van der Waals surface area contributed by atoms with Crippen LogP contribution < -0.4 is 0 Å². The third-order valence-electron chi connectivity index (χ3n) is 5.51. The zero-order chi connectivity index (χ0) is 29.0. The van der Waals surface area contributed by atoms with Gasteiger partial charge in [0.1, 0.15) is 49.6 Å². The van der Waals surface area contributed by atoms with Crippen LogP contribution in [0.1, 0.15) is 54.2 Å². The molecule has 0 bridgehead atoms. The minimum absolute atomic E-state index is 0.0791. The lowest BCUT2D eigenvalue weighted by atomic mass is 9.92. The highest BCUT2D eigenvalue weighted by molar-refractivity contribution is 5.97. The summed E-state index contributed by atoms with van der Waals surface area (Å²) >= 11 is 0. The number of rotatable bonds is 16. The lowest BCUT2D eigenvalue weighted by Gasteiger charge is -2.20. The smallest absolute Gasteiger partial charge is 0.345 e. The molecule has 0 saturated carbocycles. The number of carbonyl (C=O) groups is 3. The lowest BCUT2D eigenvalue weighted by Crippen LogP contribution is -2.42. The van der Waals surface area contributed by atoms with Gasteiger partial charge in [-0.2, -0.15) is 0 Å². The average Bonchev–Trinajstić information content (AvgIpc) is 2.91. The molecule has 1 rings (SSSR count). The summed E-state index contributed by atoms with van der Waals surface area (Å²) in [5.41, 5.74) is 0.440. The van der Waals surface area contributed by atoms with Crippen molar-refractivity contribution in [1.82, 2.24) is 0 Å². The maximum absolute atomic E-state index is 12.7. The van der Waals surface area contributed by atoms with Crippen molar-refractivity contribution >= 4 is 17.9 Å². The molecule has 38 heavy (non-hydrogen) atoms. The normalized spacial score (nSPS) is 14.3. The van der Waals surface area contributed by atoms with Gasteiger partial charge in [0.15, 0.2) is 12.2 Å². The number of phenolic OH excluding ortho intramolecular Hbond substituents is 2. The average molecular weight is 549 g/mol. The van der Waals surface area contributed by atoms with Crippen LogP contribution in [0.5, 0.6) is 11.5 Å². The molecular weight excluding hydrogens is 512 g/mol. The molecule has 0 heterocycles. The molecule has 0 saturated heterocycles. The van der Waals surface area contributed by atoms with Crippen LogP contribution >= 0.6 is 0 Å². The maximum Gasteiger partial charge on any atom is 0.345 e. The first-order valence-corrected chi connectivity index (χ1v) is 11.9. The highest BCUT2D eigenvalue weighted by Crippen LogP contribution is 2.39. The minimum atomic E-state index is -2.27. The number of aliphatic hydroxyl groups excluding tert-OH is 4. The molecule has 1 aromatic carbocycles. The van der Waals surface area contributed by atoms with Crippen molar-refractivity contribution in [2.75, 3.05) is 26.9 Å². The Balaban J connectivity index is 2.90. The highest BCUT2D eigenvalue weighted by Gasteiger charge is 2.33. The van der Waals surface area contributed by atoms with E-state index in [9.17, 15) is 45.0 Å². The van der Waals surface area contributed by atoms with Crippen LogP contribution in [0.4, 0.5) is 0 Å². The summed E-state index contributed by atoms with van der Waals surface area (Å²) < 4.78 is 13.7. The fourth-order valence-corrected chi connectivity index (χ4v) is 3.29. The fourth-order valence-electron chi connectivity index (χ4n) is 3.29. The maximum atomic E-state index is 12.7. The molecule has 0 aromatic heterocycles. The molecule has 14 nitrogen and oxygen atoms in total. The summed E-state index contributed by atoms with van der Waals surface area (Å²) in [5.74, 6) is -5.00. The van der Waals surface area contributed by atoms with Crippen LogP contribution in [0.3, 0.4) is 0 Å². The first-order valence-electron chi connectivity index (χ1n) is 11.9. The van der Waals surface area contributed by atoms with Crippen molar-refractivity contribution < 1.29 is 69.0 Å². The van der Waals surface area contributed by atoms with Gasteiger partial charge in [0, 0.05) is 11.1 Å². The van der Waals surface area contributed by atoms with Crippen LogP contribution in [0.15, 0.2) is 0 Å². The number of carbonyl (C=O) groups excluding carboxylic acids is 3. The van der Waals surface area contributed by atoms with E-state index in [1.165, 1.54) is 0 Å². The van der Waals surface area contributed by atoms with Crippen molar-refractivity contribution in [3.05, 3.63) is 22.3 Å². The van der Waals surface area contributed by atoms with Gasteiger partial charge >= 0.3 is 17.9 Å². The van der Waals surface area contributed by atoms with E-state index in [2.05, 4.69) is 9.47 Å². The van der Waals surface area contributed by atoms with Gasteiger partial charge < -0.3 is 44.8 Å². The minimum Gasteiger partial charge on any atom is -0.507 e. The summed E-state index contributed by atoms with van der Waals surface area (Å²) in [7, 11) is 0.931. The Hall–Kier alpha value is -3.01. The van der Waals surface area contributed by atoms with Gasteiger partial charge in [0.05, 0.1) is 13.2 Å². The Bertz CT molecular complexity index is 916. The van der Waals surface area contributed by atoms with Gasteiger partial charge in [-0.05, 0) is 24.8 Å². The van der Waals surface area contributed by atoms with Gasteiger partial charge in [-0.15, -0.1) is 0 Å². The monoisotopic (exact) mass is 548 g/mol. The van der Waals surface area contributed by atoms with Gasteiger partial charge in [0.2, 0.25) is 0 Å². The number of aromatic hydroxyl groups is 2. The molecule has 14 heteroatoms. The van der Waals surface area contributed by atoms with Crippen LogP contribution in [-0.4, -0.2) is 99.9 Å². The molecule has 0 aliphatic rings. The number of methoxy groups -OCH3 is 1. The Kier molecular flexibility index (Phi) is 14.0. The number of ether oxygens (including phenoxy) is 3. The second kappa shape index (κ2) is 16.1. The predicted octanol–water partition coefficient (Wildman–Crippen LogP) is -0.603. The van der Waals surface area contributed by atoms with E-state index >= 15 is 0 Å². The van der Waals surface area contributed by atoms with Crippen molar-refractivity contribution in [1.29, 1.82) is 0 Å². The molecule has 0 aliphatic carbocycles. The van der Waals surface area contributed by atoms with Crippen molar-refractivity contribution in [2.45, 2.75) is 71.1 Å². The third kappa shape index (κ3) is 8.79. The summed E-state index contributed by atoms with van der Waals surface area (Å²) in [6.07, 6.45) is -5.83. The van der Waals surface area contributed by atoms with Crippen LogP contribution in [0, 0.1) is 0 Å². The van der Waals surface area contributed by atoms with E-state index in [1.54, 1.807) is 20.8 Å². The van der Waals surface area contributed by atoms with Crippen LogP contribution in [0.2, 0.25) is 0 Å². The summed E-state index contributed by atoms with van der Waals surface area (Å²) in [6, 6.07) is 0. The van der Waals surface area contributed by atoms with E-state index in [4.69, 9.17) is 14.5 Å². The molecule has 4 unspecified atom stereocenters. The molecule has 1 aromatic rings. The van der Waals surface area contributed by atoms with Crippen molar-refractivity contribution in [3.63, 3.8) is 0 Å². The van der Waals surface area contributed by atoms with Gasteiger partial charge in [-0.1, -0.05) is 20.8 Å². The number of esters is 3. The predicted molar refractivity (Wildman–Crippen MR) is 127 cm³/mol. The Morgan fingerprint density at radius 3 is 1.74 bits per heavy atom. The first-order chi connectivity index (χ1) is 17.9. The largest absolute Gasteiger partial charge is 0.507 e. The number of benzene rings is 1. The van der Waals surface area contributed by atoms with E-state index in [0.29, 0.717) is 23.1 Å². The number of aliphatic hydroxyl groups is 4. The van der Waals surface area contributed by atoms with Crippen molar-refractivity contribution in [2.24, 2.45) is 0 Å². The lowest BCUT2D eigenvalue weighted by molar-refractivity contribution is -0.314. The Morgan fingerprint density at radius 2 is 1.24 bits per heavy atom. The fraction of sp³-hybridized carbons (Fsp3) is 0.625. The first kappa shape index (κ1) is 33.0. The standard InChI is InChI=1S/C24H36O14/c1-5-12(25)10-37-38-11-16-14(6-2)18(27)17(19(28)15(16)7-3)22(31)35-8-13(26)9-36-24(33)21(30)20(29)23(32)34-4/h12-13,20-21,25-30H,5-11H2,1-4H3. The van der Waals surface area contributed by atoms with E-state index in [-0.39, 0.29) is 26.1 Å². The van der Waals surface area contributed by atoms with Gasteiger partial charge in [-0.25, -0.2) is 24.2 Å². The molecule has 0 fully saturated rings. The van der Waals surface area contributed by atoms with Gasteiger partial charge in [-0.3, -0.25) is 0 Å². The van der Waals surface area contributed by atoms with Crippen molar-refractivity contribution in [3.8, 4) is 11.5 Å². The van der Waals surface area contributed by atoms with Crippen LogP contribution in [0.25, 0.3) is 0 Å². The molecule has 0 aliphatic heterocycles. The SMILES string of the molecule is CCc1c(O)c(C(=O)OCC(O)COC(=O)C(O)C(O)C(=O)OC)c(O)c(CC)c1COOCC(O)CC. The second-order valence-electron chi connectivity index (χ2n) is 8.12. The molecule has 0 radical (unpaired) electrons. The Labute approximate surface area is 219 Å². The highest BCUT2D eigenvalue weighted by atomic mass is 17.2. The third-order valence-corrected chi connectivity index (χ3v) is 5.51. The summed E-state index contributed by atoms with van der Waals surface area (Å²) in [6.45, 7) is 3.40. The Morgan fingerprint density at radius 1 is 0.711 bits per heavy atom. The molecule has 216 valence electrons. The number of hydrogen-bond acceptors (Lipinski definition) is 14. The van der Waals surface area contributed by atoms with E-state index in [1.807, 2.05) is 0 Å². The molecular formula is C24H36O14. The zero-order valence-electron chi connectivity index (χ0n) is 21.7. The summed E-state index contributed by atoms with van der Waals surface area (Å²) in [5, 5.41) is 60.0. The van der Waals surface area contributed by atoms with Gasteiger partial charge in [0.25, 0.3) is 0 Å². The zero-order valence-corrected chi connectivity index (χ0v) is 21.7. The molecule has 0 spiro atoms. The molecule has 4 atom stereocenters.